The lowest BCUT2D eigenvalue weighted by atomic mass is 9.92. The Morgan fingerprint density at radius 1 is 1.50 bits per heavy atom. The number of urea groups is 1. The summed E-state index contributed by atoms with van der Waals surface area (Å²) < 4.78 is 24.4. The third kappa shape index (κ3) is 3.54. The van der Waals surface area contributed by atoms with Gasteiger partial charge in [-0.3, -0.25) is 4.79 Å². The lowest BCUT2D eigenvalue weighted by Crippen LogP contribution is -2.51. The first-order chi connectivity index (χ1) is 8.32. The Balaban J connectivity index is 2.58. The third-order valence-electron chi connectivity index (χ3n) is 3.21. The number of amides is 2. The molecular formula is C11H18F2N2O3. The number of halogens is 2. The minimum Gasteiger partial charge on any atom is -0.481 e. The summed E-state index contributed by atoms with van der Waals surface area (Å²) in [7, 11) is 1.32. The Morgan fingerprint density at radius 2 is 2.11 bits per heavy atom. The maximum atomic E-state index is 12.2. The van der Waals surface area contributed by atoms with Crippen LogP contribution in [0.1, 0.15) is 19.8 Å². The van der Waals surface area contributed by atoms with Crippen LogP contribution in [-0.4, -0.2) is 59.5 Å². The number of carboxylic acid groups (broad SMARTS) is 1. The van der Waals surface area contributed by atoms with E-state index >= 15 is 0 Å². The van der Waals surface area contributed by atoms with Crippen LogP contribution in [0.5, 0.6) is 0 Å². The normalized spacial score (nSPS) is 24.2. The fourth-order valence-electron chi connectivity index (χ4n) is 2.19. The molecule has 2 unspecified atom stereocenters. The Hall–Kier alpha value is -1.40. The second-order valence-corrected chi connectivity index (χ2v) is 4.66. The summed E-state index contributed by atoms with van der Waals surface area (Å²) >= 11 is 0. The Kier molecular flexibility index (Phi) is 4.86. The van der Waals surface area contributed by atoms with E-state index in [1.807, 2.05) is 0 Å². The summed E-state index contributed by atoms with van der Waals surface area (Å²) in [5.74, 6) is -1.32. The van der Waals surface area contributed by atoms with E-state index in [4.69, 9.17) is 5.11 Å². The monoisotopic (exact) mass is 264 g/mol. The van der Waals surface area contributed by atoms with E-state index in [1.54, 1.807) is 6.92 Å². The SMILES string of the molecule is CC1CC(C(=O)O)CCN1C(=O)N(C)CC(F)F. The average molecular weight is 264 g/mol. The van der Waals surface area contributed by atoms with E-state index in [0.29, 0.717) is 19.4 Å². The van der Waals surface area contributed by atoms with Gasteiger partial charge in [0.05, 0.1) is 12.5 Å². The minimum absolute atomic E-state index is 0.243. The molecule has 0 bridgehead atoms. The van der Waals surface area contributed by atoms with Gasteiger partial charge in [-0.1, -0.05) is 0 Å². The van der Waals surface area contributed by atoms with Gasteiger partial charge in [0, 0.05) is 19.6 Å². The number of likely N-dealkylation sites (tertiary alicyclic amines) is 1. The molecule has 1 heterocycles. The van der Waals surface area contributed by atoms with Crippen LogP contribution in [0.15, 0.2) is 0 Å². The highest BCUT2D eigenvalue weighted by atomic mass is 19.3. The molecular weight excluding hydrogens is 246 g/mol. The molecule has 5 nitrogen and oxygen atoms in total. The molecule has 0 saturated carbocycles. The molecule has 0 aromatic heterocycles. The van der Waals surface area contributed by atoms with Crippen LogP contribution in [0.25, 0.3) is 0 Å². The molecule has 18 heavy (non-hydrogen) atoms. The molecule has 2 atom stereocenters. The van der Waals surface area contributed by atoms with E-state index in [9.17, 15) is 18.4 Å². The van der Waals surface area contributed by atoms with Crippen molar-refractivity contribution in [3.8, 4) is 0 Å². The molecule has 7 heteroatoms. The lowest BCUT2D eigenvalue weighted by Gasteiger charge is -2.38. The molecule has 1 rings (SSSR count). The number of carboxylic acids is 1. The average Bonchev–Trinajstić information content (AvgIpc) is 2.26. The molecule has 1 N–H and O–H groups in total. The van der Waals surface area contributed by atoms with Crippen LogP contribution in [0.3, 0.4) is 0 Å². The molecule has 1 aliphatic heterocycles. The first-order valence-electron chi connectivity index (χ1n) is 5.85. The Bertz CT molecular complexity index is 325. The van der Waals surface area contributed by atoms with E-state index in [-0.39, 0.29) is 6.04 Å². The van der Waals surface area contributed by atoms with Crippen LogP contribution in [0.4, 0.5) is 13.6 Å². The predicted octanol–water partition coefficient (Wildman–Crippen LogP) is 1.49. The van der Waals surface area contributed by atoms with Crippen molar-refractivity contribution in [1.29, 1.82) is 0 Å². The highest BCUT2D eigenvalue weighted by Gasteiger charge is 2.33. The molecule has 1 fully saturated rings. The molecule has 0 aliphatic carbocycles. The summed E-state index contributed by atoms with van der Waals surface area (Å²) in [6, 6.07) is -0.709. The van der Waals surface area contributed by atoms with E-state index in [0.717, 1.165) is 4.90 Å². The van der Waals surface area contributed by atoms with Gasteiger partial charge in [-0.2, -0.15) is 0 Å². The quantitative estimate of drug-likeness (QED) is 0.840. The third-order valence-corrected chi connectivity index (χ3v) is 3.21. The smallest absolute Gasteiger partial charge is 0.320 e. The number of aliphatic carboxylic acids is 1. The van der Waals surface area contributed by atoms with E-state index in [1.165, 1.54) is 11.9 Å². The van der Waals surface area contributed by atoms with Crippen molar-refractivity contribution in [3.05, 3.63) is 0 Å². The van der Waals surface area contributed by atoms with Crippen molar-refractivity contribution in [2.75, 3.05) is 20.1 Å². The summed E-state index contributed by atoms with van der Waals surface area (Å²) in [6.07, 6.45) is -1.83. The van der Waals surface area contributed by atoms with Crippen molar-refractivity contribution < 1.29 is 23.5 Å². The molecule has 1 saturated heterocycles. The highest BCUT2D eigenvalue weighted by Crippen LogP contribution is 2.23. The van der Waals surface area contributed by atoms with Crippen LogP contribution in [0.2, 0.25) is 0 Å². The minimum atomic E-state index is -2.56. The van der Waals surface area contributed by atoms with Crippen molar-refractivity contribution in [2.45, 2.75) is 32.2 Å². The van der Waals surface area contributed by atoms with Gasteiger partial charge in [-0.05, 0) is 19.8 Å². The van der Waals surface area contributed by atoms with Crippen molar-refractivity contribution in [2.24, 2.45) is 5.92 Å². The van der Waals surface area contributed by atoms with Crippen molar-refractivity contribution in [3.63, 3.8) is 0 Å². The van der Waals surface area contributed by atoms with Gasteiger partial charge in [-0.25, -0.2) is 13.6 Å². The maximum Gasteiger partial charge on any atom is 0.320 e. The van der Waals surface area contributed by atoms with Crippen molar-refractivity contribution >= 4 is 12.0 Å². The number of hydrogen-bond acceptors (Lipinski definition) is 2. The summed E-state index contributed by atoms with van der Waals surface area (Å²) in [4.78, 5) is 25.2. The van der Waals surface area contributed by atoms with E-state index in [2.05, 4.69) is 0 Å². The van der Waals surface area contributed by atoms with Crippen LogP contribution in [0, 0.1) is 5.92 Å². The number of rotatable bonds is 3. The van der Waals surface area contributed by atoms with Gasteiger partial charge >= 0.3 is 12.0 Å². The first-order valence-corrected chi connectivity index (χ1v) is 5.85. The predicted molar refractivity (Wildman–Crippen MR) is 60.6 cm³/mol. The summed E-state index contributed by atoms with van der Waals surface area (Å²) in [6.45, 7) is 1.43. The van der Waals surface area contributed by atoms with Gasteiger partial charge in [0.1, 0.15) is 0 Å². The second-order valence-electron chi connectivity index (χ2n) is 4.66. The Labute approximate surface area is 104 Å². The van der Waals surface area contributed by atoms with Gasteiger partial charge in [0.25, 0.3) is 6.43 Å². The highest BCUT2D eigenvalue weighted by molar-refractivity contribution is 5.75. The zero-order valence-electron chi connectivity index (χ0n) is 10.5. The van der Waals surface area contributed by atoms with Gasteiger partial charge < -0.3 is 14.9 Å². The molecule has 1 aliphatic rings. The van der Waals surface area contributed by atoms with Crippen LogP contribution >= 0.6 is 0 Å². The van der Waals surface area contributed by atoms with Gasteiger partial charge in [0.2, 0.25) is 0 Å². The van der Waals surface area contributed by atoms with Gasteiger partial charge in [-0.15, -0.1) is 0 Å². The largest absolute Gasteiger partial charge is 0.481 e. The molecule has 0 spiro atoms. The lowest BCUT2D eigenvalue weighted by molar-refractivity contribution is -0.143. The number of hydrogen-bond donors (Lipinski definition) is 1. The molecule has 0 radical (unpaired) electrons. The second kappa shape index (κ2) is 5.97. The fraction of sp³-hybridized carbons (Fsp3) is 0.818. The Morgan fingerprint density at radius 3 is 2.56 bits per heavy atom. The van der Waals surface area contributed by atoms with Gasteiger partial charge in [0.15, 0.2) is 0 Å². The zero-order valence-corrected chi connectivity index (χ0v) is 10.5. The molecule has 0 aromatic carbocycles. The molecule has 2 amide bonds. The molecule has 104 valence electrons. The number of piperidine rings is 1. The molecule has 0 aromatic rings. The number of carbonyl (C=O) groups excluding carboxylic acids is 1. The summed E-state index contributed by atoms with van der Waals surface area (Å²) in [5.41, 5.74) is 0. The standard InChI is InChI=1S/C11H18F2N2O3/c1-7-5-8(10(16)17)3-4-15(7)11(18)14(2)6-9(12)13/h7-9H,3-6H2,1-2H3,(H,16,17). The fourth-order valence-corrected chi connectivity index (χ4v) is 2.19. The van der Waals surface area contributed by atoms with Crippen LogP contribution in [-0.2, 0) is 4.79 Å². The van der Waals surface area contributed by atoms with Crippen LogP contribution < -0.4 is 0 Å². The summed E-state index contributed by atoms with van der Waals surface area (Å²) in [5, 5.41) is 8.90. The number of alkyl halides is 2. The topological polar surface area (TPSA) is 60.9 Å². The maximum absolute atomic E-state index is 12.2. The zero-order chi connectivity index (χ0) is 13.9. The first kappa shape index (κ1) is 14.7. The van der Waals surface area contributed by atoms with E-state index < -0.39 is 30.9 Å². The van der Waals surface area contributed by atoms with Crippen molar-refractivity contribution in [1.82, 2.24) is 9.80 Å². The number of carbonyl (C=O) groups is 2. The number of nitrogens with zero attached hydrogens (tertiary/aromatic N) is 2.